The average Bonchev–Trinajstić information content (AvgIpc) is 3.02. The molecule has 20 heavy (non-hydrogen) atoms. The summed E-state index contributed by atoms with van der Waals surface area (Å²) in [7, 11) is 0. The molecule has 0 unspecified atom stereocenters. The Labute approximate surface area is 115 Å². The largest absolute Gasteiger partial charge is 0.461 e. The van der Waals surface area contributed by atoms with Crippen LogP contribution in [0.25, 0.3) is 11.0 Å². The molecule has 0 radical (unpaired) electrons. The van der Waals surface area contributed by atoms with Crippen molar-refractivity contribution in [1.29, 1.82) is 0 Å². The third-order valence-corrected chi connectivity index (χ3v) is 2.97. The Morgan fingerprint density at radius 1 is 1.30 bits per heavy atom. The molecular formula is C15H14N2O3. The summed E-state index contributed by atoms with van der Waals surface area (Å²) in [5.74, 6) is 1.80. The molecule has 3 aromatic rings. The first-order valence-electron chi connectivity index (χ1n) is 6.41. The van der Waals surface area contributed by atoms with Crippen molar-refractivity contribution in [3.63, 3.8) is 0 Å². The number of carbonyl (C=O) groups is 1. The summed E-state index contributed by atoms with van der Waals surface area (Å²) in [4.78, 5) is 11.8. The smallest absolute Gasteiger partial charge is 0.226 e. The molecule has 1 amide bonds. The van der Waals surface area contributed by atoms with Gasteiger partial charge in [0.05, 0.1) is 0 Å². The molecule has 0 saturated carbocycles. The van der Waals surface area contributed by atoms with Crippen LogP contribution >= 0.6 is 0 Å². The van der Waals surface area contributed by atoms with Crippen molar-refractivity contribution in [2.24, 2.45) is 0 Å². The van der Waals surface area contributed by atoms with E-state index in [2.05, 4.69) is 10.5 Å². The standard InChI is InChI=1S/C15H14N2O3/c1-10-8-14(17-20-10)16-15(18)7-6-12-9-11-4-2-3-5-13(11)19-12/h2-5,8-9H,6-7H2,1H3,(H,16,17,18). The number of carbonyl (C=O) groups excluding carboxylic acids is 1. The second-order valence-electron chi connectivity index (χ2n) is 4.62. The van der Waals surface area contributed by atoms with Gasteiger partial charge in [-0.25, -0.2) is 0 Å². The molecule has 5 heteroatoms. The van der Waals surface area contributed by atoms with E-state index >= 15 is 0 Å². The summed E-state index contributed by atoms with van der Waals surface area (Å²) in [5, 5.41) is 7.45. The Bertz CT molecular complexity index is 709. The summed E-state index contributed by atoms with van der Waals surface area (Å²) in [5.41, 5.74) is 0.843. The number of anilines is 1. The summed E-state index contributed by atoms with van der Waals surface area (Å²) in [6.45, 7) is 1.77. The molecule has 0 atom stereocenters. The number of benzene rings is 1. The third kappa shape index (κ3) is 2.71. The number of furan rings is 1. The van der Waals surface area contributed by atoms with Crippen molar-refractivity contribution < 1.29 is 13.7 Å². The van der Waals surface area contributed by atoms with Gasteiger partial charge in [-0.05, 0) is 19.1 Å². The van der Waals surface area contributed by atoms with Crippen LogP contribution in [0.1, 0.15) is 17.9 Å². The van der Waals surface area contributed by atoms with Crippen molar-refractivity contribution in [3.05, 3.63) is 47.9 Å². The minimum absolute atomic E-state index is 0.112. The number of hydrogen-bond acceptors (Lipinski definition) is 4. The molecule has 2 aromatic heterocycles. The van der Waals surface area contributed by atoms with Gasteiger partial charge in [-0.15, -0.1) is 0 Å². The van der Waals surface area contributed by atoms with Gasteiger partial charge in [0.15, 0.2) is 5.82 Å². The van der Waals surface area contributed by atoms with Gasteiger partial charge >= 0.3 is 0 Å². The molecule has 0 aliphatic carbocycles. The van der Waals surface area contributed by atoms with Crippen molar-refractivity contribution in [1.82, 2.24) is 5.16 Å². The molecule has 0 spiro atoms. The fourth-order valence-corrected chi connectivity index (χ4v) is 2.03. The molecule has 2 heterocycles. The van der Waals surface area contributed by atoms with E-state index in [1.54, 1.807) is 13.0 Å². The normalized spacial score (nSPS) is 10.8. The van der Waals surface area contributed by atoms with Crippen LogP contribution in [0.4, 0.5) is 5.82 Å². The van der Waals surface area contributed by atoms with Gasteiger partial charge in [-0.3, -0.25) is 4.79 Å². The predicted molar refractivity (Wildman–Crippen MR) is 74.4 cm³/mol. The van der Waals surface area contributed by atoms with Gasteiger partial charge < -0.3 is 14.3 Å². The van der Waals surface area contributed by atoms with Crippen LogP contribution in [0.2, 0.25) is 0 Å². The zero-order chi connectivity index (χ0) is 13.9. The molecular weight excluding hydrogens is 256 g/mol. The monoisotopic (exact) mass is 270 g/mol. The SMILES string of the molecule is Cc1cc(NC(=O)CCc2cc3ccccc3o2)no1. The van der Waals surface area contributed by atoms with Gasteiger partial charge in [-0.2, -0.15) is 0 Å². The highest BCUT2D eigenvalue weighted by atomic mass is 16.5. The molecule has 0 fully saturated rings. The van der Waals surface area contributed by atoms with Crippen molar-refractivity contribution in [2.45, 2.75) is 19.8 Å². The lowest BCUT2D eigenvalue weighted by molar-refractivity contribution is -0.116. The molecule has 0 saturated heterocycles. The van der Waals surface area contributed by atoms with Gasteiger partial charge in [-0.1, -0.05) is 23.4 Å². The Morgan fingerprint density at radius 2 is 2.15 bits per heavy atom. The van der Waals surface area contributed by atoms with Crippen LogP contribution in [-0.2, 0) is 11.2 Å². The van der Waals surface area contributed by atoms with Crippen LogP contribution in [0.5, 0.6) is 0 Å². The highest BCUT2D eigenvalue weighted by molar-refractivity contribution is 5.89. The maximum absolute atomic E-state index is 11.8. The van der Waals surface area contributed by atoms with E-state index in [-0.39, 0.29) is 5.91 Å². The van der Waals surface area contributed by atoms with Crippen LogP contribution in [0.15, 0.2) is 45.3 Å². The molecule has 0 aliphatic heterocycles. The quantitative estimate of drug-likeness (QED) is 0.789. The number of fused-ring (bicyclic) bond motifs is 1. The topological polar surface area (TPSA) is 68.3 Å². The minimum Gasteiger partial charge on any atom is -0.461 e. The molecule has 5 nitrogen and oxygen atoms in total. The maximum atomic E-state index is 11.8. The van der Waals surface area contributed by atoms with E-state index < -0.39 is 0 Å². The number of aromatic nitrogens is 1. The Kier molecular flexibility index (Phi) is 3.25. The summed E-state index contributed by atoms with van der Waals surface area (Å²) >= 11 is 0. The van der Waals surface area contributed by atoms with E-state index in [0.717, 1.165) is 16.7 Å². The number of rotatable bonds is 4. The average molecular weight is 270 g/mol. The van der Waals surface area contributed by atoms with Gasteiger partial charge in [0.1, 0.15) is 17.1 Å². The number of hydrogen-bond donors (Lipinski definition) is 1. The van der Waals surface area contributed by atoms with E-state index in [9.17, 15) is 4.79 Å². The Morgan fingerprint density at radius 3 is 2.90 bits per heavy atom. The first-order chi connectivity index (χ1) is 9.70. The van der Waals surface area contributed by atoms with Crippen LogP contribution in [-0.4, -0.2) is 11.1 Å². The molecule has 0 aliphatic rings. The number of aryl methyl sites for hydroxylation is 2. The Hall–Kier alpha value is -2.56. The molecule has 0 bridgehead atoms. The lowest BCUT2D eigenvalue weighted by Gasteiger charge is -1.99. The third-order valence-electron chi connectivity index (χ3n) is 2.97. The van der Waals surface area contributed by atoms with Crippen molar-refractivity contribution >= 4 is 22.7 Å². The van der Waals surface area contributed by atoms with Crippen LogP contribution < -0.4 is 5.32 Å². The zero-order valence-electron chi connectivity index (χ0n) is 11.1. The van der Waals surface area contributed by atoms with E-state index in [0.29, 0.717) is 24.4 Å². The van der Waals surface area contributed by atoms with E-state index in [4.69, 9.17) is 8.94 Å². The van der Waals surface area contributed by atoms with E-state index in [1.807, 2.05) is 30.3 Å². The molecule has 1 aromatic carbocycles. The van der Waals surface area contributed by atoms with Crippen molar-refractivity contribution in [2.75, 3.05) is 5.32 Å². The maximum Gasteiger partial charge on any atom is 0.226 e. The van der Waals surface area contributed by atoms with Crippen LogP contribution in [0.3, 0.4) is 0 Å². The number of nitrogens with zero attached hydrogens (tertiary/aromatic N) is 1. The fraction of sp³-hybridized carbons (Fsp3) is 0.200. The lowest BCUT2D eigenvalue weighted by Crippen LogP contribution is -2.12. The molecule has 102 valence electrons. The predicted octanol–water partition coefficient (Wildman–Crippen LogP) is 3.30. The zero-order valence-corrected chi connectivity index (χ0v) is 11.1. The first-order valence-corrected chi connectivity index (χ1v) is 6.41. The van der Waals surface area contributed by atoms with Crippen LogP contribution in [0, 0.1) is 6.92 Å². The molecule has 3 rings (SSSR count). The second-order valence-corrected chi connectivity index (χ2v) is 4.62. The number of amides is 1. The first kappa shape index (κ1) is 12.5. The van der Waals surface area contributed by atoms with Gasteiger partial charge in [0, 0.05) is 24.3 Å². The van der Waals surface area contributed by atoms with Crippen molar-refractivity contribution in [3.8, 4) is 0 Å². The van der Waals surface area contributed by atoms with Gasteiger partial charge in [0.2, 0.25) is 5.91 Å². The fourth-order valence-electron chi connectivity index (χ4n) is 2.03. The second kappa shape index (κ2) is 5.21. The number of nitrogens with one attached hydrogen (secondary N) is 1. The van der Waals surface area contributed by atoms with Gasteiger partial charge in [0.25, 0.3) is 0 Å². The number of para-hydroxylation sites is 1. The molecule has 1 N–H and O–H groups in total. The highest BCUT2D eigenvalue weighted by Crippen LogP contribution is 2.19. The lowest BCUT2D eigenvalue weighted by atomic mass is 10.2. The highest BCUT2D eigenvalue weighted by Gasteiger charge is 2.09. The van der Waals surface area contributed by atoms with E-state index in [1.165, 1.54) is 0 Å². The summed E-state index contributed by atoms with van der Waals surface area (Å²) in [6.07, 6.45) is 0.892. The Balaban J connectivity index is 1.59. The minimum atomic E-state index is -0.112. The summed E-state index contributed by atoms with van der Waals surface area (Å²) < 4.78 is 10.5. The summed E-state index contributed by atoms with van der Waals surface area (Å²) in [6, 6.07) is 11.4.